The predicted molar refractivity (Wildman–Crippen MR) is 71.1 cm³/mol. The molecule has 94 valence electrons. The first-order valence-corrected chi connectivity index (χ1v) is 6.37. The highest BCUT2D eigenvalue weighted by Gasteiger charge is 2.31. The highest BCUT2D eigenvalue weighted by molar-refractivity contribution is 5.50. The van der Waals surface area contributed by atoms with Crippen molar-refractivity contribution in [3.63, 3.8) is 0 Å². The molecule has 4 N–H and O–H groups in total. The van der Waals surface area contributed by atoms with E-state index in [1.165, 1.54) is 5.56 Å². The van der Waals surface area contributed by atoms with Crippen molar-refractivity contribution in [1.82, 2.24) is 0 Å². The monoisotopic (exact) mass is 234 g/mol. The molecule has 1 aromatic carbocycles. The van der Waals surface area contributed by atoms with E-state index in [1.807, 2.05) is 18.2 Å². The van der Waals surface area contributed by atoms with Crippen LogP contribution in [0.25, 0.3) is 0 Å². The van der Waals surface area contributed by atoms with Crippen molar-refractivity contribution in [3.8, 4) is 0 Å². The molecule has 0 saturated heterocycles. The van der Waals surface area contributed by atoms with Gasteiger partial charge in [-0.1, -0.05) is 18.2 Å². The fraction of sp³-hybridized carbons (Fsp3) is 0.571. The van der Waals surface area contributed by atoms with Crippen molar-refractivity contribution < 1.29 is 5.11 Å². The quantitative estimate of drug-likeness (QED) is 0.750. The summed E-state index contributed by atoms with van der Waals surface area (Å²) in [5, 5.41) is 13.8. The SMILES string of the molecule is Cc1ccccc1NCC1(O)CCC(N)CC1. The number of aliphatic hydroxyl groups is 1. The zero-order valence-electron chi connectivity index (χ0n) is 10.4. The van der Waals surface area contributed by atoms with Crippen LogP contribution in [-0.4, -0.2) is 23.3 Å². The molecule has 0 unspecified atom stereocenters. The zero-order valence-corrected chi connectivity index (χ0v) is 10.4. The van der Waals surface area contributed by atoms with Gasteiger partial charge in [0, 0.05) is 18.3 Å². The smallest absolute Gasteiger partial charge is 0.0820 e. The number of anilines is 1. The lowest BCUT2D eigenvalue weighted by molar-refractivity contribution is 0.0122. The van der Waals surface area contributed by atoms with Crippen LogP contribution >= 0.6 is 0 Å². The molecule has 1 aliphatic carbocycles. The summed E-state index contributed by atoms with van der Waals surface area (Å²) in [6, 6.07) is 8.43. The van der Waals surface area contributed by atoms with Gasteiger partial charge in [-0.15, -0.1) is 0 Å². The van der Waals surface area contributed by atoms with Gasteiger partial charge in [0.15, 0.2) is 0 Å². The Morgan fingerprint density at radius 2 is 2.00 bits per heavy atom. The molecule has 0 amide bonds. The van der Waals surface area contributed by atoms with Gasteiger partial charge in [-0.3, -0.25) is 0 Å². The molecule has 3 heteroatoms. The minimum absolute atomic E-state index is 0.272. The van der Waals surface area contributed by atoms with Gasteiger partial charge >= 0.3 is 0 Å². The molecule has 1 aromatic rings. The summed E-state index contributed by atoms with van der Waals surface area (Å²) in [6.07, 6.45) is 3.44. The topological polar surface area (TPSA) is 58.3 Å². The van der Waals surface area contributed by atoms with Crippen LogP contribution in [0.3, 0.4) is 0 Å². The fourth-order valence-electron chi connectivity index (χ4n) is 2.39. The van der Waals surface area contributed by atoms with E-state index in [0.29, 0.717) is 6.54 Å². The summed E-state index contributed by atoms with van der Waals surface area (Å²) in [6.45, 7) is 2.69. The standard InChI is InChI=1S/C14H22N2O/c1-11-4-2-3-5-13(11)16-10-14(17)8-6-12(15)7-9-14/h2-5,12,16-17H,6-10,15H2,1H3. The molecule has 0 spiro atoms. The molecule has 0 heterocycles. The van der Waals surface area contributed by atoms with E-state index in [2.05, 4.69) is 18.3 Å². The van der Waals surface area contributed by atoms with Gasteiger partial charge in [-0.2, -0.15) is 0 Å². The molecular weight excluding hydrogens is 212 g/mol. The van der Waals surface area contributed by atoms with Crippen LogP contribution < -0.4 is 11.1 Å². The molecule has 0 bridgehead atoms. The van der Waals surface area contributed by atoms with E-state index >= 15 is 0 Å². The lowest BCUT2D eigenvalue weighted by Gasteiger charge is -2.35. The molecule has 0 aromatic heterocycles. The molecule has 3 nitrogen and oxygen atoms in total. The Bertz CT molecular complexity index is 370. The normalized spacial score (nSPS) is 29.0. The average Bonchev–Trinajstić information content (AvgIpc) is 2.33. The summed E-state index contributed by atoms with van der Waals surface area (Å²) >= 11 is 0. The third-order valence-corrected chi connectivity index (χ3v) is 3.71. The number of nitrogens with two attached hydrogens (primary N) is 1. The van der Waals surface area contributed by atoms with Gasteiger partial charge in [-0.25, -0.2) is 0 Å². The van der Waals surface area contributed by atoms with Gasteiger partial charge in [0.1, 0.15) is 0 Å². The fourth-order valence-corrected chi connectivity index (χ4v) is 2.39. The zero-order chi connectivity index (χ0) is 12.3. The van der Waals surface area contributed by atoms with E-state index < -0.39 is 5.60 Å². The van der Waals surface area contributed by atoms with Crippen molar-refractivity contribution >= 4 is 5.69 Å². The van der Waals surface area contributed by atoms with Gasteiger partial charge in [0.2, 0.25) is 0 Å². The number of nitrogens with one attached hydrogen (secondary N) is 1. The van der Waals surface area contributed by atoms with Crippen LogP contribution in [0.5, 0.6) is 0 Å². The van der Waals surface area contributed by atoms with Gasteiger partial charge < -0.3 is 16.2 Å². The first kappa shape index (κ1) is 12.4. The maximum atomic E-state index is 10.4. The van der Waals surface area contributed by atoms with Gasteiger partial charge in [0.25, 0.3) is 0 Å². The second-order valence-electron chi connectivity index (χ2n) is 5.23. The lowest BCUT2D eigenvalue weighted by Crippen LogP contribution is -2.43. The van der Waals surface area contributed by atoms with Crippen molar-refractivity contribution in [1.29, 1.82) is 0 Å². The van der Waals surface area contributed by atoms with Crippen LogP contribution in [0.4, 0.5) is 5.69 Å². The largest absolute Gasteiger partial charge is 0.388 e. The van der Waals surface area contributed by atoms with Crippen LogP contribution in [0.15, 0.2) is 24.3 Å². The molecule has 0 aliphatic heterocycles. The molecule has 1 aliphatic rings. The first-order chi connectivity index (χ1) is 8.09. The van der Waals surface area contributed by atoms with Gasteiger partial charge in [-0.05, 0) is 44.2 Å². The van der Waals surface area contributed by atoms with E-state index in [0.717, 1.165) is 31.4 Å². The predicted octanol–water partition coefficient (Wildman–Crippen LogP) is 2.04. The Labute approximate surface area is 103 Å². The van der Waals surface area contributed by atoms with Crippen molar-refractivity contribution in [2.45, 2.75) is 44.2 Å². The van der Waals surface area contributed by atoms with Gasteiger partial charge in [0.05, 0.1) is 5.60 Å². The molecule has 0 atom stereocenters. The number of hydrogen-bond donors (Lipinski definition) is 3. The Morgan fingerprint density at radius 1 is 1.35 bits per heavy atom. The van der Waals surface area contributed by atoms with Crippen molar-refractivity contribution in [3.05, 3.63) is 29.8 Å². The minimum atomic E-state index is -0.585. The molecular formula is C14H22N2O. The second-order valence-corrected chi connectivity index (χ2v) is 5.23. The number of para-hydroxylation sites is 1. The van der Waals surface area contributed by atoms with Crippen LogP contribution in [-0.2, 0) is 0 Å². The maximum absolute atomic E-state index is 10.4. The Hall–Kier alpha value is -1.06. The summed E-state index contributed by atoms with van der Waals surface area (Å²) in [4.78, 5) is 0. The summed E-state index contributed by atoms with van der Waals surface area (Å²) in [7, 11) is 0. The maximum Gasteiger partial charge on any atom is 0.0820 e. The van der Waals surface area contributed by atoms with E-state index in [4.69, 9.17) is 5.73 Å². The number of benzene rings is 1. The Kier molecular flexibility index (Phi) is 3.69. The lowest BCUT2D eigenvalue weighted by atomic mass is 9.82. The van der Waals surface area contributed by atoms with Crippen molar-refractivity contribution in [2.75, 3.05) is 11.9 Å². The Balaban J connectivity index is 1.92. The van der Waals surface area contributed by atoms with E-state index in [1.54, 1.807) is 0 Å². The molecule has 1 fully saturated rings. The third kappa shape index (κ3) is 3.20. The minimum Gasteiger partial charge on any atom is -0.388 e. The van der Waals surface area contributed by atoms with Crippen LogP contribution in [0.2, 0.25) is 0 Å². The molecule has 17 heavy (non-hydrogen) atoms. The number of hydrogen-bond acceptors (Lipinski definition) is 3. The Morgan fingerprint density at radius 3 is 2.65 bits per heavy atom. The number of rotatable bonds is 3. The second kappa shape index (κ2) is 5.07. The average molecular weight is 234 g/mol. The molecule has 2 rings (SSSR count). The number of aryl methyl sites for hydroxylation is 1. The van der Waals surface area contributed by atoms with Crippen molar-refractivity contribution in [2.24, 2.45) is 5.73 Å². The van der Waals surface area contributed by atoms with E-state index in [-0.39, 0.29) is 6.04 Å². The van der Waals surface area contributed by atoms with Crippen LogP contribution in [0.1, 0.15) is 31.2 Å². The first-order valence-electron chi connectivity index (χ1n) is 6.37. The highest BCUT2D eigenvalue weighted by Crippen LogP contribution is 2.28. The highest BCUT2D eigenvalue weighted by atomic mass is 16.3. The molecule has 0 radical (unpaired) electrons. The third-order valence-electron chi connectivity index (χ3n) is 3.71. The summed E-state index contributed by atoms with van der Waals surface area (Å²) < 4.78 is 0. The summed E-state index contributed by atoms with van der Waals surface area (Å²) in [5.41, 5.74) is 7.59. The van der Waals surface area contributed by atoms with Crippen LogP contribution in [0, 0.1) is 6.92 Å². The molecule has 1 saturated carbocycles. The van der Waals surface area contributed by atoms with E-state index in [9.17, 15) is 5.11 Å². The summed E-state index contributed by atoms with van der Waals surface area (Å²) in [5.74, 6) is 0.